The van der Waals surface area contributed by atoms with Gasteiger partial charge in [0.15, 0.2) is 0 Å². The van der Waals surface area contributed by atoms with Gasteiger partial charge in [0.05, 0.1) is 33.3 Å². The number of thiophene rings is 1. The average Bonchev–Trinajstić information content (AvgIpc) is 3.55. The van der Waals surface area contributed by atoms with Gasteiger partial charge in [0.25, 0.3) is 17.6 Å². The number of hydrogen-bond acceptors (Lipinski definition) is 6. The number of carbonyl (C=O) groups excluding carboxylic acids is 4. The van der Waals surface area contributed by atoms with Crippen LogP contribution in [0.25, 0.3) is 11.0 Å². The van der Waals surface area contributed by atoms with Crippen molar-refractivity contribution in [3.05, 3.63) is 87.4 Å². The average molecular weight is 471 g/mol. The molecule has 6 rings (SSSR count). The Morgan fingerprint density at radius 2 is 1.85 bits per heavy atom. The number of pyridine rings is 1. The van der Waals surface area contributed by atoms with Crippen molar-refractivity contribution < 1.29 is 19.2 Å². The van der Waals surface area contributed by atoms with Gasteiger partial charge in [-0.25, -0.2) is 0 Å². The minimum Gasteiger partial charge on any atom is -0.354 e. The molecular weight excluding hydrogens is 452 g/mol. The Hall–Kier alpha value is -4.11. The van der Waals surface area contributed by atoms with Crippen LogP contribution in [0.2, 0.25) is 0 Å². The predicted molar refractivity (Wildman–Crippen MR) is 125 cm³/mol. The van der Waals surface area contributed by atoms with Gasteiger partial charge in [-0.05, 0) is 29.6 Å². The molecule has 2 aliphatic heterocycles. The van der Waals surface area contributed by atoms with Gasteiger partial charge in [-0.15, -0.1) is 11.3 Å². The van der Waals surface area contributed by atoms with E-state index in [1.807, 2.05) is 11.4 Å². The van der Waals surface area contributed by atoms with Crippen LogP contribution in [0.5, 0.6) is 0 Å². The Balaban J connectivity index is 1.44. The van der Waals surface area contributed by atoms with Gasteiger partial charge in [0.2, 0.25) is 5.78 Å². The van der Waals surface area contributed by atoms with E-state index in [0.717, 1.165) is 0 Å². The lowest BCUT2D eigenvalue weighted by molar-refractivity contribution is -0.131. The van der Waals surface area contributed by atoms with Crippen LogP contribution in [0, 0.1) is 0 Å². The van der Waals surface area contributed by atoms with Crippen LogP contribution in [-0.4, -0.2) is 62.8 Å². The van der Waals surface area contributed by atoms with Crippen LogP contribution >= 0.6 is 11.3 Å². The Bertz CT molecular complexity index is 1480. The van der Waals surface area contributed by atoms with Crippen LogP contribution in [0.3, 0.4) is 0 Å². The van der Waals surface area contributed by atoms with Crippen LogP contribution in [0.1, 0.15) is 47.7 Å². The van der Waals surface area contributed by atoms with Crippen LogP contribution in [0.4, 0.5) is 0 Å². The zero-order valence-electron chi connectivity index (χ0n) is 17.9. The molecule has 0 bridgehead atoms. The van der Waals surface area contributed by atoms with Crippen molar-refractivity contribution in [3.63, 3.8) is 0 Å². The molecule has 1 fully saturated rings. The lowest BCUT2D eigenvalue weighted by atomic mass is 9.94. The number of benzene rings is 1. The number of piperazine rings is 1. The number of nitrogens with one attached hydrogen (secondary N) is 1. The molecule has 0 spiro atoms. The van der Waals surface area contributed by atoms with Crippen molar-refractivity contribution in [2.24, 2.45) is 0 Å². The Morgan fingerprint density at radius 1 is 1.03 bits per heavy atom. The monoisotopic (exact) mass is 470 g/mol. The number of hydrogen-bond donors (Lipinski definition) is 1. The molecule has 1 saturated heterocycles. The highest BCUT2D eigenvalue weighted by Crippen LogP contribution is 2.37. The standard InChI is InChI=1S/C25H18N4O4S/c30-22(17-7-4-12-34-17)15-8-9-26-21-18-20(27-19(15)21)16-13-28(10-11-29(16)25(33)23(18)31)24(32)14-5-2-1-3-6-14/h1-9,12,16,27H,10-11,13H2/t16-/m0/s1. The van der Waals surface area contributed by atoms with Gasteiger partial charge in [-0.2, -0.15) is 0 Å². The van der Waals surface area contributed by atoms with Gasteiger partial charge in [0, 0.05) is 31.4 Å². The number of carbonyl (C=O) groups is 4. The molecule has 9 heteroatoms. The van der Waals surface area contributed by atoms with Gasteiger partial charge >= 0.3 is 0 Å². The number of rotatable bonds is 3. The molecule has 0 saturated carbocycles. The molecule has 0 radical (unpaired) electrons. The summed E-state index contributed by atoms with van der Waals surface area (Å²) in [4.78, 5) is 63.6. The third kappa shape index (κ3) is 3.01. The highest BCUT2D eigenvalue weighted by atomic mass is 32.1. The second-order valence-corrected chi connectivity index (χ2v) is 9.21. The fourth-order valence-electron chi connectivity index (χ4n) is 4.77. The number of aromatic amines is 1. The second kappa shape index (κ2) is 7.74. The van der Waals surface area contributed by atoms with Gasteiger partial charge in [-0.3, -0.25) is 24.2 Å². The highest BCUT2D eigenvalue weighted by Gasteiger charge is 2.45. The molecule has 0 unspecified atom stereocenters. The van der Waals surface area contributed by atoms with E-state index in [9.17, 15) is 19.2 Å². The highest BCUT2D eigenvalue weighted by molar-refractivity contribution is 7.12. The summed E-state index contributed by atoms with van der Waals surface area (Å²) in [5, 5.41) is 1.83. The number of aromatic nitrogens is 2. The van der Waals surface area contributed by atoms with Crippen LogP contribution < -0.4 is 0 Å². The summed E-state index contributed by atoms with van der Waals surface area (Å²) >= 11 is 1.33. The molecule has 1 N–H and O–H groups in total. The molecule has 8 nitrogen and oxygen atoms in total. The van der Waals surface area contributed by atoms with Crippen LogP contribution in [-0.2, 0) is 4.79 Å². The van der Waals surface area contributed by atoms with E-state index >= 15 is 0 Å². The first-order valence-corrected chi connectivity index (χ1v) is 11.7. The molecule has 0 aliphatic carbocycles. The zero-order chi connectivity index (χ0) is 23.4. The second-order valence-electron chi connectivity index (χ2n) is 8.26. The maximum Gasteiger partial charge on any atom is 0.295 e. The predicted octanol–water partition coefficient (Wildman–Crippen LogP) is 3.08. The first-order valence-electron chi connectivity index (χ1n) is 10.8. The van der Waals surface area contributed by atoms with Crippen molar-refractivity contribution in [2.45, 2.75) is 6.04 Å². The Kier molecular flexibility index (Phi) is 4.66. The summed E-state index contributed by atoms with van der Waals surface area (Å²) in [6.07, 6.45) is 1.48. The Morgan fingerprint density at radius 3 is 2.62 bits per heavy atom. The fraction of sp³-hybridized carbons (Fsp3) is 0.160. The number of H-pyrrole nitrogens is 1. The minimum absolute atomic E-state index is 0.131. The third-order valence-corrected chi connectivity index (χ3v) is 7.28. The summed E-state index contributed by atoms with van der Waals surface area (Å²) in [5.74, 6) is -1.56. The molecule has 5 heterocycles. The molecule has 2 aliphatic rings. The minimum atomic E-state index is -0.645. The summed E-state index contributed by atoms with van der Waals surface area (Å²) < 4.78 is 0. The van der Waals surface area contributed by atoms with E-state index < -0.39 is 17.7 Å². The van der Waals surface area contributed by atoms with E-state index in [4.69, 9.17) is 0 Å². The molecule has 2 amide bonds. The number of nitrogens with zero attached hydrogens (tertiary/aromatic N) is 3. The lowest BCUT2D eigenvalue weighted by Crippen LogP contribution is -2.56. The van der Waals surface area contributed by atoms with E-state index in [0.29, 0.717) is 39.3 Å². The van der Waals surface area contributed by atoms with Crippen molar-refractivity contribution >= 4 is 45.8 Å². The topological polar surface area (TPSA) is 103 Å². The van der Waals surface area contributed by atoms with Crippen molar-refractivity contribution in [1.82, 2.24) is 19.8 Å². The molecule has 168 valence electrons. The molecule has 4 aromatic rings. The van der Waals surface area contributed by atoms with Gasteiger partial charge < -0.3 is 14.8 Å². The maximum atomic E-state index is 13.1. The summed E-state index contributed by atoms with van der Waals surface area (Å²) in [6.45, 7) is 0.816. The number of Topliss-reactive ketones (excluding diaryl/α,β-unsaturated/α-hetero) is 1. The van der Waals surface area contributed by atoms with Crippen molar-refractivity contribution in [2.75, 3.05) is 19.6 Å². The summed E-state index contributed by atoms with van der Waals surface area (Å²) in [7, 11) is 0. The summed E-state index contributed by atoms with van der Waals surface area (Å²) in [6, 6.07) is 13.6. The summed E-state index contributed by atoms with van der Waals surface area (Å²) in [5.41, 5.74) is 2.40. The normalized spacial score (nSPS) is 17.6. The molecule has 34 heavy (non-hydrogen) atoms. The van der Waals surface area contributed by atoms with E-state index in [1.54, 1.807) is 47.4 Å². The Labute approximate surface area is 197 Å². The van der Waals surface area contributed by atoms with Gasteiger partial charge in [0.1, 0.15) is 5.52 Å². The maximum absolute atomic E-state index is 13.1. The molecule has 1 atom stereocenters. The first kappa shape index (κ1) is 20.5. The van der Waals surface area contributed by atoms with E-state index in [1.165, 1.54) is 22.4 Å². The van der Waals surface area contributed by atoms with E-state index in [-0.39, 0.29) is 30.3 Å². The molecule has 3 aromatic heterocycles. The van der Waals surface area contributed by atoms with Crippen molar-refractivity contribution in [1.29, 1.82) is 0 Å². The molecular formula is C25H18N4O4S. The quantitative estimate of drug-likeness (QED) is 0.366. The molecule has 1 aromatic carbocycles. The van der Waals surface area contributed by atoms with E-state index in [2.05, 4.69) is 9.97 Å². The largest absolute Gasteiger partial charge is 0.354 e. The van der Waals surface area contributed by atoms with Crippen LogP contribution in [0.15, 0.2) is 60.1 Å². The van der Waals surface area contributed by atoms with Crippen molar-refractivity contribution in [3.8, 4) is 0 Å². The third-order valence-electron chi connectivity index (χ3n) is 6.41. The number of fused-ring (bicyclic) bond motifs is 5. The lowest BCUT2D eigenvalue weighted by Gasteiger charge is -2.43. The fourth-order valence-corrected chi connectivity index (χ4v) is 5.45. The number of ketones is 2. The number of amides is 2. The smallest absolute Gasteiger partial charge is 0.295 e. The van der Waals surface area contributed by atoms with Gasteiger partial charge in [-0.1, -0.05) is 24.3 Å². The SMILES string of the molecule is O=C1C(=O)N2CCN(C(=O)c3ccccc3)C[C@H]2c2[nH]c3c(C(=O)c4cccs4)ccnc3c21. The zero-order valence-corrected chi connectivity index (χ0v) is 18.7. The first-order chi connectivity index (χ1) is 16.5.